The van der Waals surface area contributed by atoms with E-state index in [0.29, 0.717) is 0 Å². The fraction of sp³-hybridized carbons (Fsp3) is 0.0833. The minimum absolute atomic E-state index is 0.0909. The minimum atomic E-state index is -0.868. The number of nitrogens with zero attached hydrogens (tertiary/aromatic N) is 4. The molecule has 0 saturated carbocycles. The molecule has 0 atom stereocenters. The molecular weight excluding hydrogens is 281 g/mol. The van der Waals surface area contributed by atoms with Gasteiger partial charge in [0, 0.05) is 13.1 Å². The van der Waals surface area contributed by atoms with Crippen molar-refractivity contribution in [1.82, 2.24) is 9.97 Å². The van der Waals surface area contributed by atoms with E-state index in [1.54, 1.807) is 6.07 Å². The Hall–Kier alpha value is -3.28. The van der Waals surface area contributed by atoms with Crippen molar-refractivity contribution in [2.45, 2.75) is 0 Å². The molecule has 0 unspecified atom stereocenters. The van der Waals surface area contributed by atoms with E-state index in [2.05, 4.69) is 15.3 Å². The van der Waals surface area contributed by atoms with Crippen molar-refractivity contribution in [3.63, 3.8) is 0 Å². The second-order valence-electron chi connectivity index (χ2n) is 3.75. The molecule has 1 N–H and O–H groups in total. The minimum Gasteiger partial charge on any atom is -0.429 e. The summed E-state index contributed by atoms with van der Waals surface area (Å²) < 4.78 is 18.7. The Morgan fingerprint density at radius 1 is 1.52 bits per heavy atom. The van der Waals surface area contributed by atoms with Crippen molar-refractivity contribution in [2.75, 3.05) is 12.4 Å². The molecule has 2 aromatic rings. The maximum atomic E-state index is 13.6. The zero-order valence-corrected chi connectivity index (χ0v) is 10.7. The van der Waals surface area contributed by atoms with Crippen LogP contribution in [0.3, 0.4) is 0 Å². The van der Waals surface area contributed by atoms with Gasteiger partial charge in [0.1, 0.15) is 0 Å². The molecule has 0 aliphatic rings. The summed E-state index contributed by atoms with van der Waals surface area (Å²) in [4.78, 5) is 17.6. The Balaban J connectivity index is 2.44. The molecule has 1 heterocycles. The standard InChI is InChI=1S/C12H8FN5O3/c1-15-12-16-6-8(13)11(17-12)21-10-3-2-7(5-14)4-9(10)18(19)20/h2-4,6H,1H3,(H,15,16,17). The van der Waals surface area contributed by atoms with Crippen molar-refractivity contribution < 1.29 is 14.1 Å². The largest absolute Gasteiger partial charge is 0.429 e. The van der Waals surface area contributed by atoms with Gasteiger partial charge in [-0.2, -0.15) is 14.6 Å². The SMILES string of the molecule is CNc1ncc(F)c(Oc2ccc(C#N)cc2[N+](=O)[O-])n1. The highest BCUT2D eigenvalue weighted by molar-refractivity contribution is 5.52. The van der Waals surface area contributed by atoms with Gasteiger partial charge < -0.3 is 10.1 Å². The average Bonchev–Trinajstić information content (AvgIpc) is 2.49. The van der Waals surface area contributed by atoms with Crippen LogP contribution in [-0.2, 0) is 0 Å². The lowest BCUT2D eigenvalue weighted by Crippen LogP contribution is -2.01. The van der Waals surface area contributed by atoms with Crippen LogP contribution < -0.4 is 10.1 Å². The summed E-state index contributed by atoms with van der Waals surface area (Å²) >= 11 is 0. The first kappa shape index (κ1) is 14.1. The summed E-state index contributed by atoms with van der Waals surface area (Å²) in [6.07, 6.45) is 0.879. The van der Waals surface area contributed by atoms with Crippen molar-refractivity contribution in [3.8, 4) is 17.7 Å². The highest BCUT2D eigenvalue weighted by Crippen LogP contribution is 2.32. The molecule has 0 spiro atoms. The lowest BCUT2D eigenvalue weighted by molar-refractivity contribution is -0.385. The zero-order valence-electron chi connectivity index (χ0n) is 10.7. The van der Waals surface area contributed by atoms with Gasteiger partial charge in [-0.05, 0) is 12.1 Å². The van der Waals surface area contributed by atoms with Gasteiger partial charge in [0.15, 0.2) is 0 Å². The van der Waals surface area contributed by atoms with Crippen molar-refractivity contribution in [2.24, 2.45) is 0 Å². The maximum absolute atomic E-state index is 13.6. The molecule has 0 fully saturated rings. The van der Waals surface area contributed by atoms with E-state index in [1.807, 2.05) is 0 Å². The van der Waals surface area contributed by atoms with Gasteiger partial charge in [0.05, 0.1) is 22.8 Å². The first-order valence-corrected chi connectivity index (χ1v) is 5.62. The highest BCUT2D eigenvalue weighted by atomic mass is 19.1. The molecular formula is C12H8FN5O3. The number of benzene rings is 1. The molecule has 0 aliphatic heterocycles. The maximum Gasteiger partial charge on any atom is 0.312 e. The summed E-state index contributed by atoms with van der Waals surface area (Å²) in [5, 5.41) is 22.3. The van der Waals surface area contributed by atoms with Crippen LogP contribution in [0.2, 0.25) is 0 Å². The third-order valence-electron chi connectivity index (χ3n) is 2.43. The number of nitrogens with one attached hydrogen (secondary N) is 1. The monoisotopic (exact) mass is 289 g/mol. The van der Waals surface area contributed by atoms with Crippen LogP contribution in [0.15, 0.2) is 24.4 Å². The topological polar surface area (TPSA) is 114 Å². The number of hydrogen-bond donors (Lipinski definition) is 1. The van der Waals surface area contributed by atoms with Gasteiger partial charge >= 0.3 is 5.69 Å². The molecule has 8 nitrogen and oxygen atoms in total. The number of nitriles is 1. The van der Waals surface area contributed by atoms with Crippen molar-refractivity contribution in [1.29, 1.82) is 5.26 Å². The van der Waals surface area contributed by atoms with Crippen LogP contribution in [0, 0.1) is 27.3 Å². The number of anilines is 1. The van der Waals surface area contributed by atoms with E-state index >= 15 is 0 Å². The van der Waals surface area contributed by atoms with E-state index in [4.69, 9.17) is 10.00 Å². The fourth-order valence-corrected chi connectivity index (χ4v) is 1.46. The quantitative estimate of drug-likeness (QED) is 0.677. The van der Waals surface area contributed by atoms with E-state index in [-0.39, 0.29) is 17.3 Å². The Morgan fingerprint density at radius 3 is 2.90 bits per heavy atom. The van der Waals surface area contributed by atoms with E-state index in [0.717, 1.165) is 12.3 Å². The molecule has 1 aromatic carbocycles. The van der Waals surface area contributed by atoms with Crippen molar-refractivity contribution in [3.05, 3.63) is 45.9 Å². The van der Waals surface area contributed by atoms with E-state index < -0.39 is 22.3 Å². The molecule has 21 heavy (non-hydrogen) atoms. The first-order chi connectivity index (χ1) is 10.0. The average molecular weight is 289 g/mol. The van der Waals surface area contributed by atoms with Gasteiger partial charge in [-0.1, -0.05) is 0 Å². The Bertz CT molecular complexity index is 744. The predicted molar refractivity (Wildman–Crippen MR) is 69.4 cm³/mol. The summed E-state index contributed by atoms with van der Waals surface area (Å²) in [5.74, 6) is -1.45. The smallest absolute Gasteiger partial charge is 0.312 e. The van der Waals surface area contributed by atoms with E-state index in [9.17, 15) is 14.5 Å². The number of nitro benzene ring substituents is 1. The molecule has 106 valence electrons. The van der Waals surface area contributed by atoms with Gasteiger partial charge in [-0.3, -0.25) is 10.1 Å². The summed E-state index contributed by atoms with van der Waals surface area (Å²) in [6, 6.07) is 5.33. The van der Waals surface area contributed by atoms with Gasteiger partial charge in [-0.25, -0.2) is 4.98 Å². The molecule has 2 rings (SSSR count). The first-order valence-electron chi connectivity index (χ1n) is 5.62. The van der Waals surface area contributed by atoms with Crippen LogP contribution in [-0.4, -0.2) is 21.9 Å². The number of nitro groups is 1. The predicted octanol–water partition coefficient (Wildman–Crippen LogP) is 2.23. The van der Waals surface area contributed by atoms with Crippen LogP contribution >= 0.6 is 0 Å². The van der Waals surface area contributed by atoms with Crippen LogP contribution in [0.4, 0.5) is 16.0 Å². The Kier molecular flexibility index (Phi) is 3.90. The lowest BCUT2D eigenvalue weighted by atomic mass is 10.2. The van der Waals surface area contributed by atoms with Crippen LogP contribution in [0.5, 0.6) is 11.6 Å². The lowest BCUT2D eigenvalue weighted by Gasteiger charge is -2.07. The Labute approximate surface area is 118 Å². The van der Waals surface area contributed by atoms with Crippen LogP contribution in [0.1, 0.15) is 5.56 Å². The summed E-state index contributed by atoms with van der Waals surface area (Å²) in [7, 11) is 1.53. The second kappa shape index (κ2) is 5.79. The molecule has 0 amide bonds. The molecule has 1 aromatic heterocycles. The molecule has 0 radical (unpaired) electrons. The van der Waals surface area contributed by atoms with Crippen molar-refractivity contribution >= 4 is 11.6 Å². The van der Waals surface area contributed by atoms with Crippen LogP contribution in [0.25, 0.3) is 0 Å². The zero-order chi connectivity index (χ0) is 15.4. The third-order valence-corrected chi connectivity index (χ3v) is 2.43. The van der Waals surface area contributed by atoms with E-state index in [1.165, 1.54) is 19.2 Å². The number of ether oxygens (including phenoxy) is 1. The molecule has 0 aliphatic carbocycles. The summed E-state index contributed by atoms with van der Waals surface area (Å²) in [6.45, 7) is 0. The number of rotatable bonds is 4. The normalized spacial score (nSPS) is 9.76. The number of hydrogen-bond acceptors (Lipinski definition) is 7. The fourth-order valence-electron chi connectivity index (χ4n) is 1.46. The number of aromatic nitrogens is 2. The Morgan fingerprint density at radius 2 is 2.29 bits per heavy atom. The summed E-state index contributed by atoms with van der Waals surface area (Å²) in [5.41, 5.74) is -0.369. The second-order valence-corrected chi connectivity index (χ2v) is 3.75. The molecule has 0 bridgehead atoms. The van der Waals surface area contributed by atoms with Gasteiger partial charge in [0.2, 0.25) is 17.5 Å². The number of halogens is 1. The molecule has 9 heteroatoms. The third kappa shape index (κ3) is 3.01. The van der Waals surface area contributed by atoms with Gasteiger partial charge in [-0.15, -0.1) is 0 Å². The molecule has 0 saturated heterocycles. The highest BCUT2D eigenvalue weighted by Gasteiger charge is 2.19. The van der Waals surface area contributed by atoms with Gasteiger partial charge in [0.25, 0.3) is 5.88 Å².